The molecule has 5 fully saturated rings. The average molecular weight is 525 g/mol. The Bertz CT molecular complexity index is 970. The van der Waals surface area contributed by atoms with Gasteiger partial charge >= 0.3 is 0 Å². The zero-order valence-corrected chi connectivity index (χ0v) is 21.1. The maximum Gasteiger partial charge on any atom is 0.187 e. The van der Waals surface area contributed by atoms with Gasteiger partial charge in [-0.05, 0) is 68.1 Å². The predicted molar refractivity (Wildman–Crippen MR) is 119 cm³/mol. The Morgan fingerprint density at radius 3 is 2.35 bits per heavy atom. The summed E-state index contributed by atoms with van der Waals surface area (Å²) in [6.45, 7) is 3.82. The van der Waals surface area contributed by atoms with Crippen LogP contribution in [0.5, 0.6) is 0 Å². The van der Waals surface area contributed by atoms with Crippen molar-refractivity contribution in [1.82, 2.24) is 0 Å². The van der Waals surface area contributed by atoms with Gasteiger partial charge in [-0.15, -0.1) is 0 Å². The maximum absolute atomic E-state index is 13.6. The summed E-state index contributed by atoms with van der Waals surface area (Å²) in [5, 5.41) is 64.4. The van der Waals surface area contributed by atoms with Crippen molar-refractivity contribution < 1.29 is 54.5 Å². The molecule has 0 spiro atoms. The van der Waals surface area contributed by atoms with Gasteiger partial charge in [-0.2, -0.15) is 0 Å². The maximum atomic E-state index is 13.6. The molecule has 1 aliphatic heterocycles. The Kier molecular flexibility index (Phi) is 6.53. The quantitative estimate of drug-likeness (QED) is 0.287. The first kappa shape index (κ1) is 27.0. The molecule has 0 amide bonds. The van der Waals surface area contributed by atoms with E-state index in [1.165, 1.54) is 0 Å². The lowest BCUT2D eigenvalue weighted by molar-refractivity contribution is -0.354. The number of ether oxygens (including phenoxy) is 2. The van der Waals surface area contributed by atoms with Gasteiger partial charge in [0, 0.05) is 17.8 Å². The number of aliphatic hydroxyl groups excluding tert-OH is 3. The molecule has 208 valence electrons. The topological polar surface area (TPSA) is 197 Å². The van der Waals surface area contributed by atoms with Crippen molar-refractivity contribution >= 4 is 17.7 Å². The van der Waals surface area contributed by atoms with Crippen LogP contribution in [-0.2, 0) is 23.9 Å². The fraction of sp³-hybridized carbons (Fsp3) is 0.885. The van der Waals surface area contributed by atoms with Crippen LogP contribution in [0, 0.1) is 34.5 Å². The second-order valence-electron chi connectivity index (χ2n) is 12.5. The number of fused-ring (bicyclic) bond motifs is 5. The monoisotopic (exact) mass is 524 g/mol. The molecule has 0 aromatic heterocycles. The number of aliphatic carboxylic acids is 2. The van der Waals surface area contributed by atoms with Crippen molar-refractivity contribution in [3.05, 3.63) is 0 Å². The lowest BCUT2D eigenvalue weighted by atomic mass is 9.44. The molecule has 11 nitrogen and oxygen atoms in total. The van der Waals surface area contributed by atoms with E-state index in [1.54, 1.807) is 6.92 Å². The van der Waals surface area contributed by atoms with Crippen LogP contribution in [0.1, 0.15) is 65.2 Å². The summed E-state index contributed by atoms with van der Waals surface area (Å²) >= 11 is 0. The van der Waals surface area contributed by atoms with Crippen molar-refractivity contribution in [2.24, 2.45) is 34.5 Å². The fourth-order valence-electron chi connectivity index (χ4n) is 8.84. The van der Waals surface area contributed by atoms with Crippen molar-refractivity contribution in [1.29, 1.82) is 0 Å². The smallest absolute Gasteiger partial charge is 0.187 e. The molecular formula is C26H36O11-2. The number of rotatable bonds is 4. The van der Waals surface area contributed by atoms with E-state index in [9.17, 15) is 45.0 Å². The van der Waals surface area contributed by atoms with E-state index >= 15 is 0 Å². The van der Waals surface area contributed by atoms with Gasteiger partial charge in [-0.1, -0.05) is 13.8 Å². The minimum absolute atomic E-state index is 0.00150. The van der Waals surface area contributed by atoms with Gasteiger partial charge in [0.2, 0.25) is 0 Å². The molecule has 4 aliphatic carbocycles. The summed E-state index contributed by atoms with van der Waals surface area (Å²) in [5.74, 6) is -3.53. The molecule has 37 heavy (non-hydrogen) atoms. The number of carbonyl (C=O) groups is 3. The summed E-state index contributed by atoms with van der Waals surface area (Å²) in [5.41, 5.74) is -3.41. The minimum Gasteiger partial charge on any atom is -0.547 e. The highest BCUT2D eigenvalue weighted by molar-refractivity contribution is 5.87. The molecule has 0 radical (unpaired) electrons. The van der Waals surface area contributed by atoms with Gasteiger partial charge in [-0.25, -0.2) is 0 Å². The number of carboxylic acids is 2. The average Bonchev–Trinajstić information content (AvgIpc) is 3.10. The number of aliphatic hydroxyl groups is 4. The van der Waals surface area contributed by atoms with Gasteiger partial charge in [-0.3, -0.25) is 4.79 Å². The predicted octanol–water partition coefficient (Wildman–Crippen LogP) is -2.37. The van der Waals surface area contributed by atoms with Gasteiger partial charge in [0.15, 0.2) is 6.29 Å². The van der Waals surface area contributed by atoms with Crippen molar-refractivity contribution in [3.8, 4) is 0 Å². The van der Waals surface area contributed by atoms with Crippen LogP contribution < -0.4 is 10.2 Å². The van der Waals surface area contributed by atoms with E-state index in [2.05, 4.69) is 6.92 Å². The molecule has 5 aliphatic rings. The minimum atomic E-state index is -2.01. The molecule has 11 heteroatoms. The molecule has 0 bridgehead atoms. The lowest BCUT2D eigenvalue weighted by Crippen LogP contribution is -2.64. The Labute approximate surface area is 214 Å². The Morgan fingerprint density at radius 2 is 1.70 bits per heavy atom. The van der Waals surface area contributed by atoms with E-state index in [0.29, 0.717) is 32.1 Å². The number of carbonyl (C=O) groups excluding carboxylic acids is 3. The van der Waals surface area contributed by atoms with Gasteiger partial charge in [0.1, 0.15) is 35.8 Å². The molecule has 0 unspecified atom stereocenters. The standard InChI is InChI=1S/C26H38O11/c1-24-7-5-12(36-22-19(30)17(28)18(29)20(37-22)21(31)32)9-11(24)3-4-13-14-6-8-26(35,23(33)34)25(14,2)10-15(27)16(13)24/h11-14,16-20,22,28-30,35H,3-10H2,1-2H3,(H,31,32)(H,33,34)/p-2/t11-,12-,13+,14+,16-,17+,18+,19-,20+,22-,24+,25+,26+/m1/s1. The molecule has 5 rings (SSSR count). The first-order valence-electron chi connectivity index (χ1n) is 13.3. The third-order valence-electron chi connectivity index (χ3n) is 10.9. The zero-order valence-electron chi connectivity index (χ0n) is 21.1. The van der Waals surface area contributed by atoms with Gasteiger partial charge < -0.3 is 49.7 Å². The van der Waals surface area contributed by atoms with Crippen LogP contribution in [0.25, 0.3) is 0 Å². The Balaban J connectivity index is 1.31. The van der Waals surface area contributed by atoms with E-state index in [-0.39, 0.29) is 47.7 Å². The van der Waals surface area contributed by atoms with Crippen LogP contribution in [-0.4, -0.2) is 80.6 Å². The van der Waals surface area contributed by atoms with Crippen molar-refractivity contribution in [3.63, 3.8) is 0 Å². The molecular weight excluding hydrogens is 488 g/mol. The SMILES string of the molecule is C[C@]12CC[C@@H](O[C@@H]3O[C@H](C(=O)[O-])[C@@H](O)[C@H](O)[C@H]3O)C[C@H]1CC[C@@H]1[C@@H]2C(=O)C[C@@]2(C)[C@H]1CC[C@]2(O)C(=O)[O-]. The highest BCUT2D eigenvalue weighted by Crippen LogP contribution is 2.67. The van der Waals surface area contributed by atoms with Crippen LogP contribution in [0.2, 0.25) is 0 Å². The largest absolute Gasteiger partial charge is 0.547 e. The molecule has 0 aromatic carbocycles. The Hall–Kier alpha value is -1.63. The summed E-state index contributed by atoms with van der Waals surface area (Å²) in [6.07, 6.45) is -5.19. The van der Waals surface area contributed by atoms with Gasteiger partial charge in [0.05, 0.1) is 18.0 Å². The van der Waals surface area contributed by atoms with Crippen molar-refractivity contribution in [2.75, 3.05) is 0 Å². The number of carboxylic acid groups (broad SMARTS) is 2. The molecule has 13 atom stereocenters. The third-order valence-corrected chi connectivity index (χ3v) is 10.9. The highest BCUT2D eigenvalue weighted by atomic mass is 16.7. The van der Waals surface area contributed by atoms with Crippen LogP contribution in [0.3, 0.4) is 0 Å². The number of ketones is 1. The molecule has 4 N–H and O–H groups in total. The zero-order chi connectivity index (χ0) is 27.1. The molecule has 1 saturated heterocycles. The number of hydrogen-bond acceptors (Lipinski definition) is 11. The van der Waals surface area contributed by atoms with Gasteiger partial charge in [0.25, 0.3) is 0 Å². The fourth-order valence-corrected chi connectivity index (χ4v) is 8.84. The van der Waals surface area contributed by atoms with E-state index in [0.717, 1.165) is 6.42 Å². The summed E-state index contributed by atoms with van der Waals surface area (Å²) in [4.78, 5) is 36.8. The van der Waals surface area contributed by atoms with Crippen LogP contribution >= 0.6 is 0 Å². The molecule has 4 saturated carbocycles. The van der Waals surface area contributed by atoms with Crippen LogP contribution in [0.4, 0.5) is 0 Å². The normalized spacial score (nSPS) is 53.6. The number of hydrogen-bond donors (Lipinski definition) is 4. The second kappa shape index (κ2) is 8.96. The van der Waals surface area contributed by atoms with E-state index < -0.39 is 59.8 Å². The summed E-state index contributed by atoms with van der Waals surface area (Å²) in [7, 11) is 0. The molecule has 1 heterocycles. The third kappa shape index (κ3) is 3.80. The van der Waals surface area contributed by atoms with E-state index in [1.807, 2.05) is 0 Å². The first-order chi connectivity index (χ1) is 17.2. The first-order valence-corrected chi connectivity index (χ1v) is 13.3. The Morgan fingerprint density at radius 1 is 1.00 bits per heavy atom. The second-order valence-corrected chi connectivity index (χ2v) is 12.5. The summed E-state index contributed by atoms with van der Waals surface area (Å²) < 4.78 is 11.1. The number of Topliss-reactive ketones (excluding diaryl/α,β-unsaturated/α-hetero) is 1. The summed E-state index contributed by atoms with van der Waals surface area (Å²) in [6, 6.07) is 0. The highest BCUT2D eigenvalue weighted by Gasteiger charge is 2.67. The van der Waals surface area contributed by atoms with Crippen molar-refractivity contribution in [2.45, 2.75) is 108 Å². The van der Waals surface area contributed by atoms with Crippen LogP contribution in [0.15, 0.2) is 0 Å². The van der Waals surface area contributed by atoms with E-state index in [4.69, 9.17) is 9.47 Å². The lowest BCUT2D eigenvalue weighted by Gasteiger charge is -2.60. The molecule has 0 aromatic rings.